The molecule has 2 aliphatic rings. The summed E-state index contributed by atoms with van der Waals surface area (Å²) in [5.74, 6) is -0.163. The Bertz CT molecular complexity index is 1010. The van der Waals surface area contributed by atoms with Gasteiger partial charge in [0.05, 0.1) is 24.3 Å². The van der Waals surface area contributed by atoms with Crippen LogP contribution >= 0.6 is 0 Å². The minimum Gasteiger partial charge on any atom is -0.330 e. The summed E-state index contributed by atoms with van der Waals surface area (Å²) >= 11 is 0. The molecule has 27 heavy (non-hydrogen) atoms. The first-order chi connectivity index (χ1) is 13.2. The lowest BCUT2D eigenvalue weighted by molar-refractivity contribution is -0.120. The molecule has 0 unspecified atom stereocenters. The van der Waals surface area contributed by atoms with Crippen molar-refractivity contribution < 1.29 is 9.59 Å². The molecule has 1 fully saturated rings. The Labute approximate surface area is 156 Å². The van der Waals surface area contributed by atoms with E-state index in [0.717, 1.165) is 11.4 Å². The van der Waals surface area contributed by atoms with E-state index in [2.05, 4.69) is 21.7 Å². The number of benzene rings is 2. The SMILES string of the molecule is O=C1[C@@H]2Cc3c(ncn3Cc3ccccc3)CN2C(=O)N1c1ccccc1. The predicted molar refractivity (Wildman–Crippen MR) is 100 cm³/mol. The zero-order chi connectivity index (χ0) is 18.4. The number of imidazole rings is 1. The van der Waals surface area contributed by atoms with Gasteiger partial charge in [-0.3, -0.25) is 4.79 Å². The first kappa shape index (κ1) is 15.8. The molecule has 1 aromatic heterocycles. The molecule has 3 heterocycles. The molecule has 0 saturated carbocycles. The Balaban J connectivity index is 1.45. The number of nitrogens with zero attached hydrogens (tertiary/aromatic N) is 4. The summed E-state index contributed by atoms with van der Waals surface area (Å²) in [5.41, 5.74) is 3.71. The monoisotopic (exact) mass is 358 g/mol. The van der Waals surface area contributed by atoms with E-state index in [1.165, 1.54) is 10.5 Å². The van der Waals surface area contributed by atoms with Crippen molar-refractivity contribution in [3.63, 3.8) is 0 Å². The van der Waals surface area contributed by atoms with Gasteiger partial charge in [-0.05, 0) is 17.7 Å². The van der Waals surface area contributed by atoms with Crippen molar-refractivity contribution in [2.24, 2.45) is 0 Å². The highest BCUT2D eigenvalue weighted by molar-refractivity contribution is 6.21. The third kappa shape index (κ3) is 2.52. The van der Waals surface area contributed by atoms with E-state index in [1.54, 1.807) is 17.0 Å². The second kappa shape index (κ2) is 6.09. The van der Waals surface area contributed by atoms with E-state index in [-0.39, 0.29) is 11.9 Å². The summed E-state index contributed by atoms with van der Waals surface area (Å²) in [5, 5.41) is 0. The van der Waals surface area contributed by atoms with Crippen LogP contribution < -0.4 is 4.90 Å². The van der Waals surface area contributed by atoms with Crippen LogP contribution in [0.4, 0.5) is 10.5 Å². The second-order valence-corrected chi connectivity index (χ2v) is 6.89. The molecule has 0 N–H and O–H groups in total. The Hall–Kier alpha value is -3.41. The topological polar surface area (TPSA) is 58.4 Å². The van der Waals surface area contributed by atoms with Crippen LogP contribution in [0.5, 0.6) is 0 Å². The average molecular weight is 358 g/mol. The van der Waals surface area contributed by atoms with Gasteiger partial charge in [0.25, 0.3) is 5.91 Å². The number of anilines is 1. The van der Waals surface area contributed by atoms with E-state index >= 15 is 0 Å². The first-order valence-corrected chi connectivity index (χ1v) is 8.99. The molecular formula is C21H18N4O2. The largest absolute Gasteiger partial charge is 0.332 e. The van der Waals surface area contributed by atoms with Crippen LogP contribution in [0, 0.1) is 0 Å². The van der Waals surface area contributed by atoms with Gasteiger partial charge in [-0.2, -0.15) is 0 Å². The molecule has 6 heteroatoms. The number of amides is 3. The molecule has 134 valence electrons. The van der Waals surface area contributed by atoms with Crippen molar-refractivity contribution in [3.05, 3.63) is 83.9 Å². The van der Waals surface area contributed by atoms with Crippen molar-refractivity contribution in [1.82, 2.24) is 14.5 Å². The molecule has 0 bridgehead atoms. The maximum absolute atomic E-state index is 13.0. The number of carbonyl (C=O) groups is 2. The van der Waals surface area contributed by atoms with Crippen molar-refractivity contribution in [2.75, 3.05) is 4.90 Å². The maximum Gasteiger partial charge on any atom is 0.332 e. The number of urea groups is 1. The summed E-state index contributed by atoms with van der Waals surface area (Å²) in [6.45, 7) is 1.08. The van der Waals surface area contributed by atoms with Crippen LogP contribution in [0.2, 0.25) is 0 Å². The Kier molecular flexibility index (Phi) is 3.57. The van der Waals surface area contributed by atoms with Crippen LogP contribution in [-0.4, -0.2) is 32.4 Å². The lowest BCUT2D eigenvalue weighted by atomic mass is 10.0. The van der Waals surface area contributed by atoms with Crippen LogP contribution in [-0.2, 0) is 24.3 Å². The first-order valence-electron chi connectivity index (χ1n) is 8.99. The molecule has 0 aliphatic carbocycles. The Morgan fingerprint density at radius 2 is 1.67 bits per heavy atom. The third-order valence-electron chi connectivity index (χ3n) is 5.27. The van der Waals surface area contributed by atoms with Crippen LogP contribution in [0.15, 0.2) is 67.0 Å². The summed E-state index contributed by atoms with van der Waals surface area (Å²) < 4.78 is 2.09. The third-order valence-corrected chi connectivity index (χ3v) is 5.27. The quantitative estimate of drug-likeness (QED) is 0.677. The van der Waals surface area contributed by atoms with E-state index in [1.807, 2.05) is 42.7 Å². The molecule has 0 spiro atoms. The normalized spacial score (nSPS) is 18.6. The van der Waals surface area contributed by atoms with Crippen LogP contribution in [0.25, 0.3) is 0 Å². The lowest BCUT2D eigenvalue weighted by Gasteiger charge is -2.27. The summed E-state index contributed by atoms with van der Waals surface area (Å²) in [6, 6.07) is 18.5. The van der Waals surface area contributed by atoms with Gasteiger partial charge in [0.2, 0.25) is 0 Å². The number of rotatable bonds is 3. The Morgan fingerprint density at radius 3 is 2.41 bits per heavy atom. The fraction of sp³-hybridized carbons (Fsp3) is 0.190. The number of carbonyl (C=O) groups excluding carboxylic acids is 2. The van der Waals surface area contributed by atoms with Gasteiger partial charge in [-0.25, -0.2) is 14.7 Å². The molecule has 0 radical (unpaired) electrons. The Morgan fingerprint density at radius 1 is 0.963 bits per heavy atom. The van der Waals surface area contributed by atoms with Gasteiger partial charge < -0.3 is 9.47 Å². The summed E-state index contributed by atoms with van der Waals surface area (Å²) in [4.78, 5) is 33.3. The molecule has 3 amide bonds. The van der Waals surface area contributed by atoms with E-state index in [4.69, 9.17) is 0 Å². The second-order valence-electron chi connectivity index (χ2n) is 6.89. The highest BCUT2D eigenvalue weighted by Crippen LogP contribution is 2.32. The molecule has 1 atom stereocenters. The van der Waals surface area contributed by atoms with Gasteiger partial charge in [-0.15, -0.1) is 0 Å². The summed E-state index contributed by atoms with van der Waals surface area (Å²) in [7, 11) is 0. The molecule has 2 aromatic carbocycles. The molecular weight excluding hydrogens is 340 g/mol. The standard InChI is InChI=1S/C21H18N4O2/c26-20-19-11-18-17(22-14-23(18)12-15-7-3-1-4-8-15)13-24(19)21(27)25(20)16-9-5-2-6-10-16/h1-10,14,19H,11-13H2/t19-/m0/s1. The molecule has 1 saturated heterocycles. The highest BCUT2D eigenvalue weighted by Gasteiger charge is 2.48. The fourth-order valence-electron chi connectivity index (χ4n) is 3.91. The number of hydrogen-bond acceptors (Lipinski definition) is 3. The van der Waals surface area contributed by atoms with Crippen LogP contribution in [0.1, 0.15) is 17.0 Å². The highest BCUT2D eigenvalue weighted by atomic mass is 16.2. The molecule has 3 aromatic rings. The maximum atomic E-state index is 13.0. The number of imide groups is 1. The van der Waals surface area contributed by atoms with Crippen molar-refractivity contribution in [1.29, 1.82) is 0 Å². The van der Waals surface area contributed by atoms with Gasteiger partial charge >= 0.3 is 6.03 Å². The number of aromatic nitrogens is 2. The number of hydrogen-bond donors (Lipinski definition) is 0. The molecule has 5 rings (SSSR count). The smallest absolute Gasteiger partial charge is 0.330 e. The molecule has 2 aliphatic heterocycles. The minimum atomic E-state index is -0.462. The van der Waals surface area contributed by atoms with E-state index in [0.29, 0.717) is 25.2 Å². The van der Waals surface area contributed by atoms with E-state index in [9.17, 15) is 9.59 Å². The van der Waals surface area contributed by atoms with Crippen LogP contribution in [0.3, 0.4) is 0 Å². The fourth-order valence-corrected chi connectivity index (χ4v) is 3.91. The zero-order valence-electron chi connectivity index (χ0n) is 14.7. The average Bonchev–Trinajstić information content (AvgIpc) is 3.21. The van der Waals surface area contributed by atoms with Crippen molar-refractivity contribution >= 4 is 17.6 Å². The number of para-hydroxylation sites is 1. The molecule has 6 nitrogen and oxygen atoms in total. The van der Waals surface area contributed by atoms with Crippen molar-refractivity contribution in [3.8, 4) is 0 Å². The minimum absolute atomic E-state index is 0.163. The van der Waals surface area contributed by atoms with Crippen molar-refractivity contribution in [2.45, 2.75) is 25.6 Å². The number of fused-ring (bicyclic) bond motifs is 2. The van der Waals surface area contributed by atoms with Gasteiger partial charge in [0.1, 0.15) is 6.04 Å². The van der Waals surface area contributed by atoms with Gasteiger partial charge in [0, 0.05) is 18.7 Å². The van der Waals surface area contributed by atoms with E-state index < -0.39 is 6.04 Å². The zero-order valence-corrected chi connectivity index (χ0v) is 14.7. The van der Waals surface area contributed by atoms with Gasteiger partial charge in [-0.1, -0.05) is 48.5 Å². The van der Waals surface area contributed by atoms with Gasteiger partial charge in [0.15, 0.2) is 0 Å². The summed E-state index contributed by atoms with van der Waals surface area (Å²) in [6.07, 6.45) is 2.31. The lowest BCUT2D eigenvalue weighted by Crippen LogP contribution is -2.40. The predicted octanol–water partition coefficient (Wildman–Crippen LogP) is 2.82.